The fourth-order valence-electron chi connectivity index (χ4n) is 2.90. The minimum absolute atomic E-state index is 0.600. The van der Waals surface area contributed by atoms with Crippen LogP contribution < -0.4 is 15.2 Å². The van der Waals surface area contributed by atoms with Crippen LogP contribution in [-0.4, -0.2) is 56.2 Å². The number of benzene rings is 1. The number of nitrogens with two attached hydrogens (primary N) is 1. The van der Waals surface area contributed by atoms with Crippen molar-refractivity contribution < 1.29 is 9.47 Å². The Morgan fingerprint density at radius 2 is 1.95 bits per heavy atom. The molecular weight excluding hydrogens is 254 g/mol. The largest absolute Gasteiger partial charge is 0.486 e. The summed E-state index contributed by atoms with van der Waals surface area (Å²) in [5.41, 5.74) is 8.07. The van der Waals surface area contributed by atoms with Gasteiger partial charge in [0.25, 0.3) is 0 Å². The first-order chi connectivity index (χ1) is 9.63. The maximum Gasteiger partial charge on any atom is 0.163 e. The molecule has 2 aliphatic rings. The molecule has 0 aromatic heterocycles. The Morgan fingerprint density at radius 3 is 2.60 bits per heavy atom. The fourth-order valence-corrected chi connectivity index (χ4v) is 2.90. The number of hydrogen-bond donors (Lipinski definition) is 1. The molecule has 1 saturated heterocycles. The molecule has 3 rings (SSSR count). The highest BCUT2D eigenvalue weighted by Crippen LogP contribution is 2.35. The second-order valence-electron chi connectivity index (χ2n) is 5.84. The van der Waals surface area contributed by atoms with Crippen LogP contribution in [0, 0.1) is 0 Å². The highest BCUT2D eigenvalue weighted by molar-refractivity contribution is 5.58. The van der Waals surface area contributed by atoms with E-state index in [0.29, 0.717) is 19.3 Å². The first kappa shape index (κ1) is 13.5. The Balaban J connectivity index is 1.71. The lowest BCUT2D eigenvalue weighted by Crippen LogP contribution is -2.31. The summed E-state index contributed by atoms with van der Waals surface area (Å²) < 4.78 is 11.2. The third kappa shape index (κ3) is 2.69. The molecule has 0 amide bonds. The van der Waals surface area contributed by atoms with Crippen LogP contribution in [-0.2, 0) is 6.54 Å². The van der Waals surface area contributed by atoms with Crippen LogP contribution in [0.25, 0.3) is 0 Å². The summed E-state index contributed by atoms with van der Waals surface area (Å²) in [6, 6.07) is 4.57. The molecular formula is C15H23N3O2. The molecule has 2 aliphatic heterocycles. The molecule has 5 heteroatoms. The van der Waals surface area contributed by atoms with Gasteiger partial charge < -0.3 is 20.1 Å². The molecule has 0 aliphatic carbocycles. The summed E-state index contributed by atoms with van der Waals surface area (Å²) in [5, 5.41) is 0. The zero-order valence-electron chi connectivity index (χ0n) is 12.3. The van der Waals surface area contributed by atoms with Crippen molar-refractivity contribution in [3.05, 3.63) is 17.7 Å². The fraction of sp³-hybridized carbons (Fsp3) is 0.600. The Labute approximate surface area is 120 Å². The van der Waals surface area contributed by atoms with Crippen molar-refractivity contribution >= 4 is 5.69 Å². The lowest BCUT2D eigenvalue weighted by Gasteiger charge is -2.23. The van der Waals surface area contributed by atoms with Crippen molar-refractivity contribution in [3.63, 3.8) is 0 Å². The first-order valence-electron chi connectivity index (χ1n) is 7.20. The van der Waals surface area contributed by atoms with E-state index < -0.39 is 0 Å². The minimum atomic E-state index is 0.600. The minimum Gasteiger partial charge on any atom is -0.486 e. The number of nitrogen functional groups attached to an aromatic ring is 1. The Bertz CT molecular complexity index is 490. The number of likely N-dealkylation sites (tertiary alicyclic amines) is 1. The van der Waals surface area contributed by atoms with E-state index in [2.05, 4.69) is 23.9 Å². The molecule has 2 N–H and O–H groups in total. The van der Waals surface area contributed by atoms with Crippen LogP contribution in [0.3, 0.4) is 0 Å². The molecule has 110 valence electrons. The molecule has 0 radical (unpaired) electrons. The van der Waals surface area contributed by atoms with Crippen molar-refractivity contribution in [1.29, 1.82) is 0 Å². The molecule has 5 nitrogen and oxygen atoms in total. The van der Waals surface area contributed by atoms with Crippen LogP contribution in [0.4, 0.5) is 5.69 Å². The lowest BCUT2D eigenvalue weighted by atomic mass is 10.1. The molecule has 2 heterocycles. The molecule has 1 aromatic rings. The zero-order valence-corrected chi connectivity index (χ0v) is 12.3. The van der Waals surface area contributed by atoms with Crippen LogP contribution in [0.2, 0.25) is 0 Å². The maximum absolute atomic E-state index is 6.14. The van der Waals surface area contributed by atoms with Gasteiger partial charge >= 0.3 is 0 Å². The highest BCUT2D eigenvalue weighted by atomic mass is 16.6. The monoisotopic (exact) mass is 277 g/mol. The number of fused-ring (bicyclic) bond motifs is 1. The molecule has 1 aromatic carbocycles. The van der Waals surface area contributed by atoms with E-state index in [-0.39, 0.29) is 0 Å². The summed E-state index contributed by atoms with van der Waals surface area (Å²) in [6.45, 7) is 4.32. The third-order valence-electron chi connectivity index (χ3n) is 4.18. The van der Waals surface area contributed by atoms with E-state index >= 15 is 0 Å². The van der Waals surface area contributed by atoms with Gasteiger partial charge in [0.15, 0.2) is 11.5 Å². The van der Waals surface area contributed by atoms with Gasteiger partial charge in [-0.2, -0.15) is 0 Å². The predicted molar refractivity (Wildman–Crippen MR) is 79.2 cm³/mol. The van der Waals surface area contributed by atoms with Crippen LogP contribution in [0.15, 0.2) is 12.1 Å². The van der Waals surface area contributed by atoms with Gasteiger partial charge in [0.2, 0.25) is 0 Å². The molecule has 1 fully saturated rings. The topological polar surface area (TPSA) is 51.0 Å². The number of ether oxygens (including phenoxy) is 2. The molecule has 20 heavy (non-hydrogen) atoms. The van der Waals surface area contributed by atoms with E-state index in [9.17, 15) is 0 Å². The van der Waals surface area contributed by atoms with E-state index in [0.717, 1.165) is 42.4 Å². The van der Waals surface area contributed by atoms with Gasteiger partial charge in [-0.3, -0.25) is 4.90 Å². The van der Waals surface area contributed by atoms with Crippen LogP contribution in [0.5, 0.6) is 11.5 Å². The maximum atomic E-state index is 6.14. The molecule has 1 atom stereocenters. The Morgan fingerprint density at radius 1 is 1.25 bits per heavy atom. The number of nitrogens with zero attached hydrogens (tertiary/aromatic N) is 2. The standard InChI is InChI=1S/C15H23N3O2/c1-17(2)12-3-4-18(10-12)9-11-7-14-15(8-13(11)16)20-6-5-19-14/h7-8,12H,3-6,9-10,16H2,1-2H3. The molecule has 0 spiro atoms. The average molecular weight is 277 g/mol. The van der Waals surface area contributed by atoms with Gasteiger partial charge in [-0.1, -0.05) is 0 Å². The second kappa shape index (κ2) is 5.50. The molecule has 0 bridgehead atoms. The summed E-state index contributed by atoms with van der Waals surface area (Å²) in [7, 11) is 4.29. The number of rotatable bonds is 3. The normalized spacial score (nSPS) is 22.4. The van der Waals surface area contributed by atoms with Crippen molar-refractivity contribution in [2.24, 2.45) is 0 Å². The second-order valence-corrected chi connectivity index (χ2v) is 5.84. The zero-order chi connectivity index (χ0) is 14.1. The first-order valence-corrected chi connectivity index (χ1v) is 7.20. The smallest absolute Gasteiger partial charge is 0.163 e. The van der Waals surface area contributed by atoms with Crippen LogP contribution >= 0.6 is 0 Å². The Hall–Kier alpha value is -1.46. The summed E-state index contributed by atoms with van der Waals surface area (Å²) in [6.07, 6.45) is 1.22. The van der Waals surface area contributed by atoms with Crippen molar-refractivity contribution in [2.75, 3.05) is 46.1 Å². The highest BCUT2D eigenvalue weighted by Gasteiger charge is 2.25. The van der Waals surface area contributed by atoms with Gasteiger partial charge in [0.1, 0.15) is 13.2 Å². The van der Waals surface area contributed by atoms with E-state index in [1.54, 1.807) is 0 Å². The number of likely N-dealkylation sites (N-methyl/N-ethyl adjacent to an activating group) is 1. The van der Waals surface area contributed by atoms with Gasteiger partial charge in [-0.05, 0) is 32.1 Å². The van der Waals surface area contributed by atoms with E-state index in [4.69, 9.17) is 15.2 Å². The van der Waals surface area contributed by atoms with Gasteiger partial charge in [-0.15, -0.1) is 0 Å². The van der Waals surface area contributed by atoms with Crippen LogP contribution in [0.1, 0.15) is 12.0 Å². The Kier molecular flexibility index (Phi) is 3.72. The molecule has 1 unspecified atom stereocenters. The number of anilines is 1. The quantitative estimate of drug-likeness (QED) is 0.841. The number of hydrogen-bond acceptors (Lipinski definition) is 5. The average Bonchev–Trinajstić information content (AvgIpc) is 2.88. The van der Waals surface area contributed by atoms with Crippen molar-refractivity contribution in [2.45, 2.75) is 19.0 Å². The summed E-state index contributed by atoms with van der Waals surface area (Å²) in [4.78, 5) is 4.75. The van der Waals surface area contributed by atoms with Gasteiger partial charge in [-0.25, -0.2) is 0 Å². The third-order valence-corrected chi connectivity index (χ3v) is 4.18. The van der Waals surface area contributed by atoms with Gasteiger partial charge in [0, 0.05) is 37.4 Å². The summed E-state index contributed by atoms with van der Waals surface area (Å²) in [5.74, 6) is 1.59. The predicted octanol–water partition coefficient (Wildman–Crippen LogP) is 1.18. The van der Waals surface area contributed by atoms with Crippen molar-refractivity contribution in [1.82, 2.24) is 9.80 Å². The summed E-state index contributed by atoms with van der Waals surface area (Å²) >= 11 is 0. The van der Waals surface area contributed by atoms with E-state index in [1.165, 1.54) is 6.42 Å². The van der Waals surface area contributed by atoms with E-state index in [1.807, 2.05) is 12.1 Å². The lowest BCUT2D eigenvalue weighted by molar-refractivity contribution is 0.171. The molecule has 0 saturated carbocycles. The van der Waals surface area contributed by atoms with Gasteiger partial charge in [0.05, 0.1) is 0 Å². The van der Waals surface area contributed by atoms with Crippen molar-refractivity contribution in [3.8, 4) is 11.5 Å². The SMILES string of the molecule is CN(C)C1CCN(Cc2cc3c(cc2N)OCCO3)C1.